The van der Waals surface area contributed by atoms with E-state index < -0.39 is 0 Å². The first kappa shape index (κ1) is 7.09. The molecule has 1 atom stereocenters. The summed E-state index contributed by atoms with van der Waals surface area (Å²) in [6.07, 6.45) is 0. The maximum Gasteiger partial charge on any atom is 0.0362 e. The Balaban J connectivity index is 3.03. The first-order valence-electron chi connectivity index (χ1n) is 3.32. The van der Waals surface area contributed by atoms with E-state index in [9.17, 15) is 0 Å². The van der Waals surface area contributed by atoms with E-state index in [2.05, 4.69) is 0 Å². The summed E-state index contributed by atoms with van der Waals surface area (Å²) in [6.45, 7) is 1.92. The Morgan fingerprint density at radius 3 is 2.30 bits per heavy atom. The summed E-state index contributed by atoms with van der Waals surface area (Å²) in [7, 11) is 0. The quantitative estimate of drug-likeness (QED) is 0.571. The van der Waals surface area contributed by atoms with Crippen LogP contribution in [0.5, 0.6) is 0 Å². The van der Waals surface area contributed by atoms with Gasteiger partial charge in [0, 0.05) is 11.7 Å². The number of rotatable bonds is 1. The molecule has 54 valence electrons. The molecule has 1 aromatic carbocycles. The van der Waals surface area contributed by atoms with Crippen LogP contribution < -0.4 is 11.5 Å². The number of benzene rings is 1. The number of para-hydroxylation sites is 1. The van der Waals surface area contributed by atoms with Crippen molar-refractivity contribution in [2.75, 3.05) is 5.73 Å². The SMILES string of the molecule is C[C@H](N)c1ccccc1N. The smallest absolute Gasteiger partial charge is 0.0362 e. The van der Waals surface area contributed by atoms with Gasteiger partial charge in [-0.25, -0.2) is 0 Å². The van der Waals surface area contributed by atoms with Gasteiger partial charge in [0.05, 0.1) is 0 Å². The van der Waals surface area contributed by atoms with Gasteiger partial charge in [0.2, 0.25) is 0 Å². The highest BCUT2D eigenvalue weighted by Crippen LogP contribution is 2.16. The first-order valence-corrected chi connectivity index (χ1v) is 3.32. The van der Waals surface area contributed by atoms with Crippen molar-refractivity contribution < 1.29 is 0 Å². The molecule has 2 heteroatoms. The van der Waals surface area contributed by atoms with Gasteiger partial charge in [-0.3, -0.25) is 0 Å². The van der Waals surface area contributed by atoms with E-state index in [0.29, 0.717) is 0 Å². The molecule has 0 unspecified atom stereocenters. The van der Waals surface area contributed by atoms with Crippen LogP contribution in [0.25, 0.3) is 0 Å². The van der Waals surface area contributed by atoms with Gasteiger partial charge >= 0.3 is 0 Å². The Labute approximate surface area is 60.8 Å². The summed E-state index contributed by atoms with van der Waals surface area (Å²) in [5.74, 6) is 0. The van der Waals surface area contributed by atoms with E-state index in [1.54, 1.807) is 0 Å². The molecule has 10 heavy (non-hydrogen) atoms. The van der Waals surface area contributed by atoms with Crippen LogP contribution >= 0.6 is 0 Å². The average Bonchev–Trinajstić information content (AvgIpc) is 1.88. The summed E-state index contributed by atoms with van der Waals surface area (Å²) >= 11 is 0. The van der Waals surface area contributed by atoms with Gasteiger partial charge in [0.15, 0.2) is 0 Å². The monoisotopic (exact) mass is 136 g/mol. The van der Waals surface area contributed by atoms with Crippen LogP contribution in [0.4, 0.5) is 5.69 Å². The molecular formula is C8H12N2. The van der Waals surface area contributed by atoms with Gasteiger partial charge < -0.3 is 11.5 Å². The van der Waals surface area contributed by atoms with Crippen LogP contribution in [0.15, 0.2) is 24.3 Å². The van der Waals surface area contributed by atoms with Gasteiger partial charge in [-0.1, -0.05) is 18.2 Å². The van der Waals surface area contributed by atoms with E-state index in [-0.39, 0.29) is 6.04 Å². The molecule has 0 fully saturated rings. The van der Waals surface area contributed by atoms with Crippen molar-refractivity contribution >= 4 is 5.69 Å². The zero-order chi connectivity index (χ0) is 7.56. The molecule has 0 bridgehead atoms. The van der Waals surface area contributed by atoms with Crippen LogP contribution in [-0.4, -0.2) is 0 Å². The molecule has 0 aliphatic heterocycles. The zero-order valence-corrected chi connectivity index (χ0v) is 6.04. The van der Waals surface area contributed by atoms with Crippen LogP contribution in [-0.2, 0) is 0 Å². The van der Waals surface area contributed by atoms with E-state index >= 15 is 0 Å². The normalized spacial score (nSPS) is 13.0. The van der Waals surface area contributed by atoms with Crippen LogP contribution in [0.1, 0.15) is 18.5 Å². The molecule has 4 N–H and O–H groups in total. The highest BCUT2D eigenvalue weighted by molar-refractivity contribution is 5.47. The topological polar surface area (TPSA) is 52.0 Å². The zero-order valence-electron chi connectivity index (χ0n) is 6.04. The molecule has 0 aromatic heterocycles. The van der Waals surface area contributed by atoms with Crippen molar-refractivity contribution in [2.24, 2.45) is 5.73 Å². The predicted molar refractivity (Wildman–Crippen MR) is 43.5 cm³/mol. The minimum absolute atomic E-state index is 0.0289. The van der Waals surface area contributed by atoms with Crippen molar-refractivity contribution in [3.8, 4) is 0 Å². The largest absolute Gasteiger partial charge is 0.398 e. The Kier molecular flexibility index (Phi) is 1.92. The fraction of sp³-hybridized carbons (Fsp3) is 0.250. The number of hydrogen-bond acceptors (Lipinski definition) is 2. The average molecular weight is 136 g/mol. The third-order valence-electron chi connectivity index (χ3n) is 1.49. The van der Waals surface area contributed by atoms with Gasteiger partial charge in [0.25, 0.3) is 0 Å². The van der Waals surface area contributed by atoms with Crippen LogP contribution in [0.2, 0.25) is 0 Å². The predicted octanol–water partition coefficient (Wildman–Crippen LogP) is 1.29. The summed E-state index contributed by atoms with van der Waals surface area (Å²) in [6, 6.07) is 7.68. The second-order valence-electron chi connectivity index (χ2n) is 2.42. The number of nitrogens with two attached hydrogens (primary N) is 2. The van der Waals surface area contributed by atoms with Crippen LogP contribution in [0.3, 0.4) is 0 Å². The minimum Gasteiger partial charge on any atom is -0.398 e. The highest BCUT2D eigenvalue weighted by atomic mass is 14.6. The second kappa shape index (κ2) is 2.71. The second-order valence-corrected chi connectivity index (χ2v) is 2.42. The molecule has 0 aliphatic carbocycles. The highest BCUT2D eigenvalue weighted by Gasteiger charge is 2.00. The lowest BCUT2D eigenvalue weighted by Gasteiger charge is -2.07. The molecule has 0 saturated carbocycles. The lowest BCUT2D eigenvalue weighted by molar-refractivity contribution is 0.821. The molecular weight excluding hydrogens is 124 g/mol. The van der Waals surface area contributed by atoms with Gasteiger partial charge in [-0.2, -0.15) is 0 Å². The van der Waals surface area contributed by atoms with Crippen molar-refractivity contribution in [2.45, 2.75) is 13.0 Å². The van der Waals surface area contributed by atoms with E-state index in [1.807, 2.05) is 31.2 Å². The third-order valence-corrected chi connectivity index (χ3v) is 1.49. The van der Waals surface area contributed by atoms with Crippen molar-refractivity contribution in [1.29, 1.82) is 0 Å². The van der Waals surface area contributed by atoms with Crippen LogP contribution in [0, 0.1) is 0 Å². The molecule has 0 spiro atoms. The Morgan fingerprint density at radius 2 is 1.90 bits per heavy atom. The van der Waals surface area contributed by atoms with Gasteiger partial charge in [-0.05, 0) is 18.6 Å². The molecule has 0 radical (unpaired) electrons. The van der Waals surface area contributed by atoms with Gasteiger partial charge in [0.1, 0.15) is 0 Å². The minimum atomic E-state index is 0.0289. The maximum atomic E-state index is 5.64. The number of hydrogen-bond donors (Lipinski definition) is 2. The lowest BCUT2D eigenvalue weighted by atomic mass is 10.1. The molecule has 0 heterocycles. The van der Waals surface area contributed by atoms with E-state index in [4.69, 9.17) is 11.5 Å². The summed E-state index contributed by atoms with van der Waals surface area (Å²) in [4.78, 5) is 0. The van der Waals surface area contributed by atoms with Crippen molar-refractivity contribution in [1.82, 2.24) is 0 Å². The number of nitrogen functional groups attached to an aromatic ring is 1. The van der Waals surface area contributed by atoms with Crippen molar-refractivity contribution in [3.05, 3.63) is 29.8 Å². The third kappa shape index (κ3) is 1.28. The van der Waals surface area contributed by atoms with Gasteiger partial charge in [-0.15, -0.1) is 0 Å². The number of anilines is 1. The fourth-order valence-corrected chi connectivity index (χ4v) is 0.926. The molecule has 0 amide bonds. The maximum absolute atomic E-state index is 5.64. The van der Waals surface area contributed by atoms with E-state index in [0.717, 1.165) is 11.3 Å². The molecule has 0 aliphatic rings. The Morgan fingerprint density at radius 1 is 1.30 bits per heavy atom. The molecule has 2 nitrogen and oxygen atoms in total. The summed E-state index contributed by atoms with van der Waals surface area (Å²) in [5.41, 5.74) is 13.1. The molecule has 1 aromatic rings. The molecule has 0 saturated heterocycles. The molecule has 1 rings (SSSR count). The first-order chi connectivity index (χ1) is 4.72. The Hall–Kier alpha value is -1.02. The lowest BCUT2D eigenvalue weighted by Crippen LogP contribution is -2.07. The standard InChI is InChI=1S/C8H12N2/c1-6(9)7-4-2-3-5-8(7)10/h2-6H,9-10H2,1H3/t6-/m0/s1. The van der Waals surface area contributed by atoms with E-state index in [1.165, 1.54) is 0 Å². The summed E-state index contributed by atoms with van der Waals surface area (Å²) < 4.78 is 0. The Bertz CT molecular complexity index is 218. The van der Waals surface area contributed by atoms with Crippen molar-refractivity contribution in [3.63, 3.8) is 0 Å². The summed E-state index contributed by atoms with van der Waals surface area (Å²) in [5, 5.41) is 0. The fourth-order valence-electron chi connectivity index (χ4n) is 0.926.